The molecule has 6 rings (SSSR count). The van der Waals surface area contributed by atoms with Crippen LogP contribution in [0.4, 0.5) is 11.4 Å². The molecule has 4 fully saturated rings. The number of carbonyl (C=O) groups is 1. The number of aromatic nitrogens is 2. The highest BCUT2D eigenvalue weighted by molar-refractivity contribution is 6.05. The van der Waals surface area contributed by atoms with Crippen LogP contribution in [0.3, 0.4) is 0 Å². The SMILES string of the molecule is COc1cc(NC(=O)c2nn(C34CC5CC(CC(C5)C3)C4)cc2[N+](=O)[O-])cc(OC)c1. The zero-order valence-electron chi connectivity index (χ0n) is 17.7. The summed E-state index contributed by atoms with van der Waals surface area (Å²) >= 11 is 0. The second-order valence-electron chi connectivity index (χ2n) is 9.26. The summed E-state index contributed by atoms with van der Waals surface area (Å²) < 4.78 is 12.2. The van der Waals surface area contributed by atoms with Gasteiger partial charge in [0.05, 0.1) is 24.7 Å². The molecule has 0 aliphatic heterocycles. The minimum atomic E-state index is -0.620. The van der Waals surface area contributed by atoms with Crippen molar-refractivity contribution in [3.8, 4) is 11.5 Å². The van der Waals surface area contributed by atoms with Gasteiger partial charge in [-0.2, -0.15) is 5.10 Å². The minimum Gasteiger partial charge on any atom is -0.497 e. The van der Waals surface area contributed by atoms with E-state index in [1.165, 1.54) is 39.7 Å². The Hall–Kier alpha value is -3.10. The van der Waals surface area contributed by atoms with Crippen molar-refractivity contribution in [1.29, 1.82) is 0 Å². The van der Waals surface area contributed by atoms with Gasteiger partial charge in [-0.15, -0.1) is 0 Å². The van der Waals surface area contributed by atoms with Crippen molar-refractivity contribution in [3.63, 3.8) is 0 Å². The summed E-state index contributed by atoms with van der Waals surface area (Å²) in [6, 6.07) is 4.94. The number of hydrogen-bond donors (Lipinski definition) is 1. The molecule has 9 nitrogen and oxygen atoms in total. The summed E-state index contributed by atoms with van der Waals surface area (Å²) in [4.78, 5) is 24.2. The van der Waals surface area contributed by atoms with Gasteiger partial charge in [0.25, 0.3) is 5.91 Å². The third-order valence-corrected chi connectivity index (χ3v) is 7.21. The van der Waals surface area contributed by atoms with Crippen LogP contribution in [0.1, 0.15) is 49.0 Å². The number of amides is 1. The van der Waals surface area contributed by atoms with E-state index in [-0.39, 0.29) is 16.9 Å². The molecular weight excluding hydrogens is 400 g/mol. The molecule has 2 aromatic rings. The molecule has 1 aromatic heterocycles. The second kappa shape index (κ2) is 7.25. The molecule has 0 unspecified atom stereocenters. The molecule has 0 radical (unpaired) electrons. The van der Waals surface area contributed by atoms with Crippen LogP contribution in [-0.2, 0) is 5.54 Å². The number of nitrogens with one attached hydrogen (secondary N) is 1. The van der Waals surface area contributed by atoms with Crippen molar-refractivity contribution < 1.29 is 19.2 Å². The second-order valence-corrected chi connectivity index (χ2v) is 9.26. The van der Waals surface area contributed by atoms with E-state index in [9.17, 15) is 14.9 Å². The molecule has 9 heteroatoms. The molecule has 0 spiro atoms. The van der Waals surface area contributed by atoms with Gasteiger partial charge in [-0.05, 0) is 56.3 Å². The Morgan fingerprint density at radius 2 is 1.65 bits per heavy atom. The standard InChI is InChI=1S/C22H26N4O5/c1-30-17-6-16(7-18(8-17)31-2)23-21(27)20-19(26(28)29)12-25(24-20)22-9-13-3-14(10-22)5-15(4-13)11-22/h6-8,12-15H,3-5,9-11H2,1-2H3,(H,23,27). The molecule has 4 bridgehead atoms. The Morgan fingerprint density at radius 1 is 1.10 bits per heavy atom. The van der Waals surface area contributed by atoms with Crippen molar-refractivity contribution in [2.75, 3.05) is 19.5 Å². The highest BCUT2D eigenvalue weighted by atomic mass is 16.6. The van der Waals surface area contributed by atoms with Crippen molar-refractivity contribution >= 4 is 17.3 Å². The van der Waals surface area contributed by atoms with Crippen LogP contribution in [0.15, 0.2) is 24.4 Å². The molecule has 4 saturated carbocycles. The van der Waals surface area contributed by atoms with Crippen molar-refractivity contribution in [2.24, 2.45) is 17.8 Å². The third kappa shape index (κ3) is 3.41. The molecule has 1 N–H and O–H groups in total. The lowest BCUT2D eigenvalue weighted by molar-refractivity contribution is -0.385. The number of rotatable bonds is 6. The van der Waals surface area contributed by atoms with Crippen LogP contribution in [0.25, 0.3) is 0 Å². The van der Waals surface area contributed by atoms with Gasteiger partial charge in [0.15, 0.2) is 0 Å². The molecule has 4 aliphatic rings. The molecule has 31 heavy (non-hydrogen) atoms. The average Bonchev–Trinajstić information content (AvgIpc) is 3.19. The summed E-state index contributed by atoms with van der Waals surface area (Å²) in [5, 5.41) is 19.0. The molecule has 0 saturated heterocycles. The highest BCUT2D eigenvalue weighted by Crippen LogP contribution is 2.58. The lowest BCUT2D eigenvalue weighted by Gasteiger charge is -2.56. The maximum absolute atomic E-state index is 13.0. The van der Waals surface area contributed by atoms with Crippen molar-refractivity contribution in [3.05, 3.63) is 40.2 Å². The van der Waals surface area contributed by atoms with E-state index in [1.54, 1.807) is 22.9 Å². The van der Waals surface area contributed by atoms with Gasteiger partial charge in [0.2, 0.25) is 5.69 Å². The molecule has 164 valence electrons. The Balaban J connectivity index is 1.47. The van der Waals surface area contributed by atoms with E-state index in [0.717, 1.165) is 19.3 Å². The molecular formula is C22H26N4O5. The Labute approximate surface area is 179 Å². The maximum Gasteiger partial charge on any atom is 0.320 e. The number of anilines is 1. The van der Waals surface area contributed by atoms with Gasteiger partial charge in [-0.3, -0.25) is 19.6 Å². The van der Waals surface area contributed by atoms with E-state index in [2.05, 4.69) is 10.4 Å². The first kappa shape index (κ1) is 19.8. The molecule has 1 aromatic carbocycles. The topological polar surface area (TPSA) is 109 Å². The quantitative estimate of drug-likeness (QED) is 0.553. The highest BCUT2D eigenvalue weighted by Gasteiger charge is 2.53. The minimum absolute atomic E-state index is 0.164. The van der Waals surface area contributed by atoms with E-state index in [1.807, 2.05) is 0 Å². The van der Waals surface area contributed by atoms with E-state index < -0.39 is 10.8 Å². The molecule has 4 aliphatic carbocycles. The number of benzene rings is 1. The summed E-state index contributed by atoms with van der Waals surface area (Å²) in [7, 11) is 3.02. The Bertz CT molecular complexity index is 989. The smallest absolute Gasteiger partial charge is 0.320 e. The number of hydrogen-bond acceptors (Lipinski definition) is 6. The summed E-state index contributed by atoms with van der Waals surface area (Å²) in [5.41, 5.74) is -0.206. The zero-order chi connectivity index (χ0) is 21.8. The Kier molecular flexibility index (Phi) is 4.64. The average molecular weight is 426 g/mol. The summed E-state index contributed by atoms with van der Waals surface area (Å²) in [6.07, 6.45) is 8.22. The van der Waals surface area contributed by atoms with Crippen molar-refractivity contribution in [1.82, 2.24) is 9.78 Å². The van der Waals surface area contributed by atoms with E-state index in [0.29, 0.717) is 34.9 Å². The lowest BCUT2D eigenvalue weighted by atomic mass is 9.53. The fourth-order valence-corrected chi connectivity index (χ4v) is 6.32. The maximum atomic E-state index is 13.0. The van der Waals surface area contributed by atoms with Gasteiger partial charge in [-0.25, -0.2) is 0 Å². The van der Waals surface area contributed by atoms with E-state index in [4.69, 9.17) is 9.47 Å². The molecule has 1 amide bonds. The number of ether oxygens (including phenoxy) is 2. The summed E-state index contributed by atoms with van der Waals surface area (Å²) in [6.45, 7) is 0. The fraction of sp³-hybridized carbons (Fsp3) is 0.545. The largest absolute Gasteiger partial charge is 0.497 e. The molecule has 1 heterocycles. The number of nitro groups is 1. The van der Waals surface area contributed by atoms with Crippen LogP contribution in [0, 0.1) is 27.9 Å². The van der Waals surface area contributed by atoms with Crippen LogP contribution in [0.2, 0.25) is 0 Å². The van der Waals surface area contributed by atoms with Crippen LogP contribution in [-0.4, -0.2) is 34.8 Å². The van der Waals surface area contributed by atoms with Gasteiger partial charge >= 0.3 is 5.69 Å². The van der Waals surface area contributed by atoms with Crippen LogP contribution >= 0.6 is 0 Å². The third-order valence-electron chi connectivity index (χ3n) is 7.21. The van der Waals surface area contributed by atoms with Gasteiger partial charge in [-0.1, -0.05) is 0 Å². The first-order valence-electron chi connectivity index (χ1n) is 10.7. The monoisotopic (exact) mass is 426 g/mol. The van der Waals surface area contributed by atoms with E-state index >= 15 is 0 Å². The van der Waals surface area contributed by atoms with Crippen molar-refractivity contribution in [2.45, 2.75) is 44.1 Å². The number of carbonyl (C=O) groups excluding carboxylic acids is 1. The van der Waals surface area contributed by atoms with Gasteiger partial charge in [0, 0.05) is 23.9 Å². The predicted molar refractivity (Wildman–Crippen MR) is 113 cm³/mol. The number of nitrogens with zero attached hydrogens (tertiary/aromatic N) is 3. The predicted octanol–water partition coefficient (Wildman–Crippen LogP) is 3.99. The van der Waals surface area contributed by atoms with Gasteiger partial charge < -0.3 is 14.8 Å². The molecule has 0 atom stereocenters. The Morgan fingerprint density at radius 3 is 2.13 bits per heavy atom. The van der Waals surface area contributed by atoms with Crippen LogP contribution in [0.5, 0.6) is 11.5 Å². The first-order chi connectivity index (χ1) is 14.9. The summed E-state index contributed by atoms with van der Waals surface area (Å²) in [5.74, 6) is 2.38. The number of methoxy groups -OCH3 is 2. The normalized spacial score (nSPS) is 28.4. The first-order valence-corrected chi connectivity index (χ1v) is 10.7. The lowest BCUT2D eigenvalue weighted by Crippen LogP contribution is -2.52. The fourth-order valence-electron chi connectivity index (χ4n) is 6.32. The van der Waals surface area contributed by atoms with Crippen LogP contribution < -0.4 is 14.8 Å². The zero-order valence-corrected chi connectivity index (χ0v) is 17.7. The van der Waals surface area contributed by atoms with Gasteiger partial charge in [0.1, 0.15) is 17.7 Å².